The Labute approximate surface area is 107 Å². The van der Waals surface area contributed by atoms with E-state index in [0.29, 0.717) is 17.6 Å². The molecule has 2 atom stereocenters. The molecule has 1 aromatic rings. The first-order chi connectivity index (χ1) is 8.13. The van der Waals surface area contributed by atoms with Gasteiger partial charge in [-0.1, -0.05) is 11.6 Å². The van der Waals surface area contributed by atoms with Crippen molar-refractivity contribution < 1.29 is 4.74 Å². The highest BCUT2D eigenvalue weighted by molar-refractivity contribution is 6.33. The zero-order valence-corrected chi connectivity index (χ0v) is 10.9. The number of ether oxygens (including phenoxy) is 1. The molecule has 1 fully saturated rings. The molecule has 17 heavy (non-hydrogen) atoms. The molecule has 5 heteroatoms. The maximum absolute atomic E-state index is 6.23. The SMILES string of the molecule is CC1OCCC1N(C)c1ncc(CN)cc1Cl. The van der Waals surface area contributed by atoms with Gasteiger partial charge in [-0.25, -0.2) is 4.98 Å². The Bertz CT molecular complexity index is 399. The van der Waals surface area contributed by atoms with Gasteiger partial charge in [0.15, 0.2) is 0 Å². The van der Waals surface area contributed by atoms with Gasteiger partial charge in [-0.05, 0) is 25.0 Å². The van der Waals surface area contributed by atoms with Crippen LogP contribution in [0.25, 0.3) is 0 Å². The summed E-state index contributed by atoms with van der Waals surface area (Å²) in [5, 5.41) is 0.648. The minimum Gasteiger partial charge on any atom is -0.376 e. The summed E-state index contributed by atoms with van der Waals surface area (Å²) in [6.45, 7) is 3.34. The van der Waals surface area contributed by atoms with E-state index in [1.54, 1.807) is 6.20 Å². The lowest BCUT2D eigenvalue weighted by Crippen LogP contribution is -2.37. The number of halogens is 1. The van der Waals surface area contributed by atoms with E-state index in [0.717, 1.165) is 24.4 Å². The molecule has 0 aromatic carbocycles. The second-order valence-electron chi connectivity index (χ2n) is 4.40. The van der Waals surface area contributed by atoms with Crippen molar-refractivity contribution in [3.63, 3.8) is 0 Å². The van der Waals surface area contributed by atoms with E-state index in [-0.39, 0.29) is 6.10 Å². The molecule has 0 radical (unpaired) electrons. The third kappa shape index (κ3) is 2.54. The third-order valence-electron chi connectivity index (χ3n) is 3.28. The van der Waals surface area contributed by atoms with Gasteiger partial charge < -0.3 is 15.4 Å². The molecule has 1 aromatic heterocycles. The number of rotatable bonds is 3. The van der Waals surface area contributed by atoms with Crippen LogP contribution in [0.3, 0.4) is 0 Å². The van der Waals surface area contributed by atoms with Crippen LogP contribution in [-0.4, -0.2) is 30.8 Å². The van der Waals surface area contributed by atoms with E-state index >= 15 is 0 Å². The van der Waals surface area contributed by atoms with Crippen LogP contribution in [0.1, 0.15) is 18.9 Å². The van der Waals surface area contributed by atoms with Crippen LogP contribution < -0.4 is 10.6 Å². The molecule has 0 saturated carbocycles. The van der Waals surface area contributed by atoms with Crippen LogP contribution in [0.5, 0.6) is 0 Å². The van der Waals surface area contributed by atoms with Crippen LogP contribution in [0.4, 0.5) is 5.82 Å². The van der Waals surface area contributed by atoms with Gasteiger partial charge in [0.05, 0.1) is 17.2 Å². The topological polar surface area (TPSA) is 51.4 Å². The molecule has 4 nitrogen and oxygen atoms in total. The average Bonchev–Trinajstić information content (AvgIpc) is 2.74. The molecule has 0 aliphatic carbocycles. The normalized spacial score (nSPS) is 24.0. The Morgan fingerprint density at radius 2 is 2.41 bits per heavy atom. The van der Waals surface area contributed by atoms with Crippen LogP contribution in [0.2, 0.25) is 5.02 Å². The molecule has 2 unspecified atom stereocenters. The smallest absolute Gasteiger partial charge is 0.147 e. The van der Waals surface area contributed by atoms with E-state index in [1.165, 1.54) is 0 Å². The van der Waals surface area contributed by atoms with E-state index in [1.807, 2.05) is 13.1 Å². The second kappa shape index (κ2) is 5.21. The van der Waals surface area contributed by atoms with Crippen molar-refractivity contribution in [2.45, 2.75) is 32.0 Å². The number of nitrogens with zero attached hydrogens (tertiary/aromatic N) is 2. The summed E-state index contributed by atoms with van der Waals surface area (Å²) < 4.78 is 5.56. The third-order valence-corrected chi connectivity index (χ3v) is 3.56. The first kappa shape index (κ1) is 12.6. The summed E-state index contributed by atoms with van der Waals surface area (Å²) in [5.74, 6) is 0.797. The van der Waals surface area contributed by atoms with Crippen molar-refractivity contribution in [2.24, 2.45) is 5.73 Å². The molecule has 0 amide bonds. The molecular formula is C12H18ClN3O. The number of likely N-dealkylation sites (N-methyl/N-ethyl adjacent to an activating group) is 1. The monoisotopic (exact) mass is 255 g/mol. The molecule has 1 saturated heterocycles. The fourth-order valence-electron chi connectivity index (χ4n) is 2.23. The Hall–Kier alpha value is -0.840. The van der Waals surface area contributed by atoms with Crippen LogP contribution in [0, 0.1) is 0 Å². The Morgan fingerprint density at radius 1 is 1.65 bits per heavy atom. The van der Waals surface area contributed by atoms with Gasteiger partial charge in [-0.3, -0.25) is 0 Å². The van der Waals surface area contributed by atoms with Gasteiger partial charge in [-0.2, -0.15) is 0 Å². The van der Waals surface area contributed by atoms with Gasteiger partial charge in [0.25, 0.3) is 0 Å². The maximum Gasteiger partial charge on any atom is 0.147 e. The standard InChI is InChI=1S/C12H18ClN3O/c1-8-11(3-4-17-8)16(2)12-10(13)5-9(6-14)7-15-12/h5,7-8,11H,3-4,6,14H2,1-2H3. The number of anilines is 1. The highest BCUT2D eigenvalue weighted by atomic mass is 35.5. The van der Waals surface area contributed by atoms with Gasteiger partial charge in [0.2, 0.25) is 0 Å². The number of aromatic nitrogens is 1. The van der Waals surface area contributed by atoms with Crippen molar-refractivity contribution >= 4 is 17.4 Å². The molecule has 2 N–H and O–H groups in total. The Balaban J connectivity index is 2.21. The highest BCUT2D eigenvalue weighted by Crippen LogP contribution is 2.28. The van der Waals surface area contributed by atoms with Crippen LogP contribution in [-0.2, 0) is 11.3 Å². The largest absolute Gasteiger partial charge is 0.376 e. The predicted octanol–water partition coefficient (Wildman–Crippen LogP) is 1.81. The lowest BCUT2D eigenvalue weighted by Gasteiger charge is -2.28. The van der Waals surface area contributed by atoms with Crippen LogP contribution in [0.15, 0.2) is 12.3 Å². The summed E-state index contributed by atoms with van der Waals surface area (Å²) in [7, 11) is 2.01. The summed E-state index contributed by atoms with van der Waals surface area (Å²) >= 11 is 6.23. The number of hydrogen-bond donors (Lipinski definition) is 1. The first-order valence-corrected chi connectivity index (χ1v) is 6.20. The summed E-state index contributed by atoms with van der Waals surface area (Å²) in [6.07, 6.45) is 3.00. The van der Waals surface area contributed by atoms with Crippen molar-refractivity contribution in [2.75, 3.05) is 18.6 Å². The lowest BCUT2D eigenvalue weighted by molar-refractivity contribution is 0.118. The zero-order chi connectivity index (χ0) is 12.4. The molecule has 0 bridgehead atoms. The molecule has 2 rings (SSSR count). The quantitative estimate of drug-likeness (QED) is 0.895. The first-order valence-electron chi connectivity index (χ1n) is 5.82. The summed E-state index contributed by atoms with van der Waals surface area (Å²) in [5.41, 5.74) is 6.50. The minimum absolute atomic E-state index is 0.215. The van der Waals surface area contributed by atoms with E-state index < -0.39 is 0 Å². The molecule has 94 valence electrons. The molecule has 1 aliphatic heterocycles. The van der Waals surface area contributed by atoms with Crippen molar-refractivity contribution in [1.82, 2.24) is 4.98 Å². The van der Waals surface area contributed by atoms with Gasteiger partial charge in [0, 0.05) is 26.4 Å². The van der Waals surface area contributed by atoms with Crippen LogP contribution >= 0.6 is 11.6 Å². The second-order valence-corrected chi connectivity index (χ2v) is 4.80. The fraction of sp³-hybridized carbons (Fsp3) is 0.583. The van der Waals surface area contributed by atoms with Crippen molar-refractivity contribution in [3.8, 4) is 0 Å². The molecule has 1 aliphatic rings. The molecule has 0 spiro atoms. The van der Waals surface area contributed by atoms with Gasteiger partial charge in [-0.15, -0.1) is 0 Å². The maximum atomic E-state index is 6.23. The molecule has 2 heterocycles. The number of pyridine rings is 1. The average molecular weight is 256 g/mol. The van der Waals surface area contributed by atoms with Crippen molar-refractivity contribution in [1.29, 1.82) is 0 Å². The van der Waals surface area contributed by atoms with E-state index in [4.69, 9.17) is 22.1 Å². The van der Waals surface area contributed by atoms with Gasteiger partial charge >= 0.3 is 0 Å². The summed E-state index contributed by atoms with van der Waals surface area (Å²) in [6, 6.07) is 2.21. The minimum atomic E-state index is 0.215. The predicted molar refractivity (Wildman–Crippen MR) is 69.4 cm³/mol. The number of nitrogens with two attached hydrogens (primary N) is 1. The summed E-state index contributed by atoms with van der Waals surface area (Å²) in [4.78, 5) is 6.48. The van der Waals surface area contributed by atoms with Gasteiger partial charge in [0.1, 0.15) is 5.82 Å². The Morgan fingerprint density at radius 3 is 2.94 bits per heavy atom. The number of hydrogen-bond acceptors (Lipinski definition) is 4. The van der Waals surface area contributed by atoms with Crippen molar-refractivity contribution in [3.05, 3.63) is 22.8 Å². The fourth-order valence-corrected chi connectivity index (χ4v) is 2.55. The lowest BCUT2D eigenvalue weighted by atomic mass is 10.1. The van der Waals surface area contributed by atoms with E-state index in [9.17, 15) is 0 Å². The zero-order valence-electron chi connectivity index (χ0n) is 10.2. The van der Waals surface area contributed by atoms with E-state index in [2.05, 4.69) is 16.8 Å². The molecular weight excluding hydrogens is 238 g/mol. The Kier molecular flexibility index (Phi) is 3.86. The highest BCUT2D eigenvalue weighted by Gasteiger charge is 2.29.